The number of carboxylic acid groups (broad SMARTS) is 1. The van der Waals surface area contributed by atoms with Crippen LogP contribution in [-0.4, -0.2) is 40.8 Å². The molecule has 1 N–H and O–H groups in total. The third-order valence-electron chi connectivity index (χ3n) is 3.07. The van der Waals surface area contributed by atoms with E-state index in [4.69, 9.17) is 14.6 Å². The van der Waals surface area contributed by atoms with E-state index in [0.717, 1.165) is 10.5 Å². The van der Waals surface area contributed by atoms with Gasteiger partial charge in [0, 0.05) is 6.42 Å². The first-order valence-electron chi connectivity index (χ1n) is 6.43. The Hall–Kier alpha value is -2.57. The van der Waals surface area contributed by atoms with Gasteiger partial charge in [-0.2, -0.15) is 0 Å². The van der Waals surface area contributed by atoms with Crippen molar-refractivity contribution in [3.63, 3.8) is 0 Å². The van der Waals surface area contributed by atoms with E-state index < -0.39 is 24.1 Å². The third kappa shape index (κ3) is 3.95. The van der Waals surface area contributed by atoms with Crippen molar-refractivity contribution in [2.24, 2.45) is 0 Å². The highest BCUT2D eigenvalue weighted by atomic mass is 16.6. The molecule has 0 unspecified atom stereocenters. The van der Waals surface area contributed by atoms with E-state index in [-0.39, 0.29) is 26.2 Å². The number of amides is 1. The number of carbonyl (C=O) groups is 3. The first-order valence-corrected chi connectivity index (χ1v) is 6.43. The summed E-state index contributed by atoms with van der Waals surface area (Å²) in [6, 6.07) is 8.20. The maximum absolute atomic E-state index is 11.9. The van der Waals surface area contributed by atoms with E-state index in [9.17, 15) is 14.4 Å². The molecule has 0 aliphatic carbocycles. The lowest BCUT2D eigenvalue weighted by Crippen LogP contribution is -2.38. The van der Waals surface area contributed by atoms with Crippen molar-refractivity contribution in [1.29, 1.82) is 0 Å². The summed E-state index contributed by atoms with van der Waals surface area (Å²) in [7, 11) is 0. The highest BCUT2D eigenvalue weighted by Gasteiger charge is 2.38. The quantitative estimate of drug-likeness (QED) is 0.824. The number of hydrogen-bond acceptors (Lipinski definition) is 5. The van der Waals surface area contributed by atoms with Gasteiger partial charge in [0.2, 0.25) is 0 Å². The number of benzene rings is 1. The minimum Gasteiger partial charge on any atom is -0.481 e. The highest BCUT2D eigenvalue weighted by molar-refractivity contribution is 5.84. The van der Waals surface area contributed by atoms with Gasteiger partial charge in [-0.05, 0) is 12.0 Å². The van der Waals surface area contributed by atoms with Crippen molar-refractivity contribution >= 4 is 18.0 Å². The monoisotopic (exact) mass is 293 g/mol. The van der Waals surface area contributed by atoms with Crippen LogP contribution in [0.5, 0.6) is 0 Å². The Morgan fingerprint density at radius 2 is 2.05 bits per heavy atom. The molecule has 1 aliphatic rings. The van der Waals surface area contributed by atoms with E-state index in [0.29, 0.717) is 0 Å². The van der Waals surface area contributed by atoms with Crippen LogP contribution in [0, 0.1) is 0 Å². The smallest absolute Gasteiger partial charge is 0.413 e. The number of aliphatic carboxylic acids is 1. The number of ether oxygens (including phenoxy) is 2. The average molecular weight is 293 g/mol. The fourth-order valence-corrected chi connectivity index (χ4v) is 1.96. The first kappa shape index (κ1) is 14.8. The van der Waals surface area contributed by atoms with Crippen molar-refractivity contribution in [2.75, 3.05) is 6.73 Å². The normalized spacial score (nSPS) is 17.4. The maximum Gasteiger partial charge on any atom is 0.413 e. The summed E-state index contributed by atoms with van der Waals surface area (Å²) in [5.74, 6) is -1.64. The van der Waals surface area contributed by atoms with E-state index >= 15 is 0 Å². The number of cyclic esters (lactones) is 1. The van der Waals surface area contributed by atoms with Gasteiger partial charge in [-0.1, -0.05) is 30.3 Å². The zero-order chi connectivity index (χ0) is 15.2. The second-order valence-electron chi connectivity index (χ2n) is 4.55. The molecular weight excluding hydrogens is 278 g/mol. The highest BCUT2D eigenvalue weighted by Crippen LogP contribution is 2.18. The van der Waals surface area contributed by atoms with Gasteiger partial charge in [0.05, 0.1) is 0 Å². The van der Waals surface area contributed by atoms with E-state index in [1.165, 1.54) is 0 Å². The molecule has 1 aliphatic heterocycles. The summed E-state index contributed by atoms with van der Waals surface area (Å²) in [5, 5.41) is 8.65. The molecule has 1 heterocycles. The molecule has 7 nitrogen and oxygen atoms in total. The van der Waals surface area contributed by atoms with Crippen LogP contribution in [0.25, 0.3) is 0 Å². The van der Waals surface area contributed by atoms with E-state index in [1.807, 2.05) is 18.2 Å². The van der Waals surface area contributed by atoms with Gasteiger partial charge < -0.3 is 14.6 Å². The summed E-state index contributed by atoms with van der Waals surface area (Å²) >= 11 is 0. The Labute approximate surface area is 121 Å². The summed E-state index contributed by atoms with van der Waals surface area (Å²) in [6.45, 7) is -0.132. The van der Waals surface area contributed by atoms with Crippen LogP contribution in [0.2, 0.25) is 0 Å². The molecule has 0 radical (unpaired) electrons. The lowest BCUT2D eigenvalue weighted by molar-refractivity contribution is -0.140. The summed E-state index contributed by atoms with van der Waals surface area (Å²) in [4.78, 5) is 35.1. The van der Waals surface area contributed by atoms with Crippen molar-refractivity contribution in [3.05, 3.63) is 35.9 Å². The SMILES string of the molecule is O=C(O)CC[C@H]1C(=O)OCN1C(=O)OCc1ccccc1. The van der Waals surface area contributed by atoms with Crippen LogP contribution < -0.4 is 0 Å². The molecule has 2 rings (SSSR count). The molecule has 1 amide bonds. The Kier molecular flexibility index (Phi) is 4.76. The number of carbonyl (C=O) groups excluding carboxylic acids is 2. The van der Waals surface area contributed by atoms with Crippen molar-refractivity contribution < 1.29 is 29.0 Å². The average Bonchev–Trinajstić information content (AvgIpc) is 2.85. The molecule has 1 saturated heterocycles. The minimum atomic E-state index is -1.03. The topological polar surface area (TPSA) is 93.1 Å². The molecule has 0 aromatic heterocycles. The lowest BCUT2D eigenvalue weighted by atomic mass is 10.1. The van der Waals surface area contributed by atoms with Gasteiger partial charge in [-0.3, -0.25) is 9.69 Å². The standard InChI is InChI=1S/C14H15NO6/c16-12(17)7-6-11-13(18)21-9-15(11)14(19)20-8-10-4-2-1-3-5-10/h1-5,11H,6-9H2,(H,16,17)/t11-/m0/s1. The molecule has 0 saturated carbocycles. The first-order chi connectivity index (χ1) is 10.1. The van der Waals surface area contributed by atoms with Crippen LogP contribution in [0.15, 0.2) is 30.3 Å². The van der Waals surface area contributed by atoms with E-state index in [1.54, 1.807) is 12.1 Å². The van der Waals surface area contributed by atoms with Gasteiger partial charge in [0.1, 0.15) is 12.6 Å². The van der Waals surface area contributed by atoms with E-state index in [2.05, 4.69) is 0 Å². The molecule has 1 fully saturated rings. The van der Waals surface area contributed by atoms with Gasteiger partial charge in [0.25, 0.3) is 0 Å². The Bertz CT molecular complexity index is 530. The molecule has 0 spiro atoms. The van der Waals surface area contributed by atoms with Crippen LogP contribution in [-0.2, 0) is 25.7 Å². The zero-order valence-electron chi connectivity index (χ0n) is 11.2. The zero-order valence-corrected chi connectivity index (χ0v) is 11.2. The minimum absolute atomic E-state index is 0.00854. The Balaban J connectivity index is 1.91. The second kappa shape index (κ2) is 6.74. The molecule has 1 aromatic carbocycles. The van der Waals surface area contributed by atoms with Gasteiger partial charge in [0.15, 0.2) is 6.73 Å². The summed E-state index contributed by atoms with van der Waals surface area (Å²) in [5.41, 5.74) is 0.819. The Morgan fingerprint density at radius 3 is 2.71 bits per heavy atom. The number of rotatable bonds is 5. The number of esters is 1. The largest absolute Gasteiger partial charge is 0.481 e. The maximum atomic E-state index is 11.9. The predicted octanol–water partition coefficient (Wildman–Crippen LogP) is 1.37. The fraction of sp³-hybridized carbons (Fsp3) is 0.357. The number of nitrogens with zero attached hydrogens (tertiary/aromatic N) is 1. The molecule has 0 bridgehead atoms. The summed E-state index contributed by atoms with van der Waals surface area (Å²) < 4.78 is 9.88. The van der Waals surface area contributed by atoms with Crippen LogP contribution in [0.3, 0.4) is 0 Å². The molecule has 21 heavy (non-hydrogen) atoms. The van der Waals surface area contributed by atoms with Crippen LogP contribution >= 0.6 is 0 Å². The fourth-order valence-electron chi connectivity index (χ4n) is 1.96. The molecule has 1 aromatic rings. The number of hydrogen-bond donors (Lipinski definition) is 1. The van der Waals surface area contributed by atoms with Crippen molar-refractivity contribution in [3.8, 4) is 0 Å². The van der Waals surface area contributed by atoms with Gasteiger partial charge in [-0.25, -0.2) is 9.59 Å². The van der Waals surface area contributed by atoms with Crippen LogP contribution in [0.1, 0.15) is 18.4 Å². The van der Waals surface area contributed by atoms with Crippen molar-refractivity contribution in [2.45, 2.75) is 25.5 Å². The molecule has 112 valence electrons. The molecule has 1 atom stereocenters. The lowest BCUT2D eigenvalue weighted by Gasteiger charge is -2.19. The van der Waals surface area contributed by atoms with Crippen molar-refractivity contribution in [1.82, 2.24) is 4.90 Å². The predicted molar refractivity (Wildman–Crippen MR) is 70.1 cm³/mol. The second-order valence-corrected chi connectivity index (χ2v) is 4.55. The number of carboxylic acids is 1. The summed E-state index contributed by atoms with van der Waals surface area (Å²) in [6.07, 6.45) is -0.906. The Morgan fingerprint density at radius 1 is 1.33 bits per heavy atom. The van der Waals surface area contributed by atoms with Gasteiger partial charge in [-0.15, -0.1) is 0 Å². The van der Waals surface area contributed by atoms with Crippen LogP contribution in [0.4, 0.5) is 4.79 Å². The molecular formula is C14H15NO6. The van der Waals surface area contributed by atoms with Gasteiger partial charge >= 0.3 is 18.0 Å². The molecule has 7 heteroatoms. The third-order valence-corrected chi connectivity index (χ3v) is 3.07.